The molecule has 0 aliphatic carbocycles. The van der Waals surface area contributed by atoms with Crippen molar-refractivity contribution in [1.82, 2.24) is 9.88 Å². The number of hydrogen-bond donors (Lipinski definition) is 0. The summed E-state index contributed by atoms with van der Waals surface area (Å²) in [6, 6.07) is 15.8. The monoisotopic (exact) mass is 300 g/mol. The number of benzene rings is 1. The molecule has 0 bridgehead atoms. The van der Waals surface area contributed by atoms with Crippen molar-refractivity contribution in [3.63, 3.8) is 0 Å². The maximum absolute atomic E-state index is 12.6. The van der Waals surface area contributed by atoms with Crippen LogP contribution in [0.4, 0.5) is 0 Å². The van der Waals surface area contributed by atoms with Gasteiger partial charge in [-0.05, 0) is 31.5 Å². The summed E-state index contributed by atoms with van der Waals surface area (Å²) in [5.41, 5.74) is 1.16. The summed E-state index contributed by atoms with van der Waals surface area (Å²) in [4.78, 5) is 18.7. The van der Waals surface area contributed by atoms with Crippen LogP contribution in [-0.4, -0.2) is 27.6 Å². The fourth-order valence-corrected chi connectivity index (χ4v) is 2.95. The normalized spacial score (nSPS) is 11.9. The van der Waals surface area contributed by atoms with Gasteiger partial charge >= 0.3 is 0 Å². The fourth-order valence-electron chi connectivity index (χ4n) is 2.05. The van der Waals surface area contributed by atoms with Gasteiger partial charge in [0.25, 0.3) is 0 Å². The van der Waals surface area contributed by atoms with Crippen LogP contribution < -0.4 is 0 Å². The first-order valence-corrected chi connectivity index (χ1v) is 7.99. The molecule has 1 heterocycles. The summed E-state index contributed by atoms with van der Waals surface area (Å²) in [7, 11) is 0. The molecule has 3 nitrogen and oxygen atoms in total. The molecule has 0 saturated carbocycles. The molecule has 4 heteroatoms. The Labute approximate surface area is 130 Å². The van der Waals surface area contributed by atoms with Gasteiger partial charge in [-0.3, -0.25) is 4.79 Å². The zero-order chi connectivity index (χ0) is 15.1. The lowest BCUT2D eigenvalue weighted by molar-refractivity contribution is -0.130. The molecule has 0 fully saturated rings. The Morgan fingerprint density at radius 3 is 2.52 bits per heavy atom. The number of rotatable bonds is 6. The minimum absolute atomic E-state index is 0.136. The number of thioether (sulfide) groups is 1. The van der Waals surface area contributed by atoms with Crippen LogP contribution in [0.1, 0.15) is 19.4 Å². The van der Waals surface area contributed by atoms with E-state index < -0.39 is 0 Å². The molecule has 110 valence electrons. The molecule has 0 radical (unpaired) electrons. The molecule has 1 atom stereocenters. The molecular formula is C17H20N2OS. The smallest absolute Gasteiger partial charge is 0.236 e. The minimum Gasteiger partial charge on any atom is -0.338 e. The van der Waals surface area contributed by atoms with Crippen LogP contribution in [0.15, 0.2) is 59.8 Å². The summed E-state index contributed by atoms with van der Waals surface area (Å²) in [5.74, 6) is 0.150. The van der Waals surface area contributed by atoms with E-state index in [0.29, 0.717) is 13.1 Å². The highest BCUT2D eigenvalue weighted by Gasteiger charge is 2.20. The molecule has 1 unspecified atom stereocenters. The zero-order valence-electron chi connectivity index (χ0n) is 12.4. The first-order chi connectivity index (χ1) is 10.2. The van der Waals surface area contributed by atoms with E-state index in [1.165, 1.54) is 11.8 Å². The molecule has 0 spiro atoms. The summed E-state index contributed by atoms with van der Waals surface area (Å²) in [6.45, 7) is 5.32. The molecular weight excluding hydrogens is 280 g/mol. The van der Waals surface area contributed by atoms with Crippen molar-refractivity contribution in [1.29, 1.82) is 0 Å². The number of amides is 1. The Hall–Kier alpha value is -1.81. The van der Waals surface area contributed by atoms with Gasteiger partial charge in [-0.25, -0.2) is 4.98 Å². The highest BCUT2D eigenvalue weighted by atomic mass is 32.2. The van der Waals surface area contributed by atoms with E-state index in [0.717, 1.165) is 10.6 Å². The number of nitrogens with zero attached hydrogens (tertiary/aromatic N) is 2. The van der Waals surface area contributed by atoms with Gasteiger partial charge in [0, 0.05) is 19.3 Å². The number of pyridine rings is 1. The van der Waals surface area contributed by atoms with Crippen LogP contribution in [0.25, 0.3) is 0 Å². The molecule has 2 rings (SSSR count). The number of carbonyl (C=O) groups excluding carboxylic acids is 1. The van der Waals surface area contributed by atoms with Gasteiger partial charge in [0.1, 0.15) is 0 Å². The Kier molecular flexibility index (Phi) is 5.81. The Bertz CT molecular complexity index is 560. The maximum atomic E-state index is 12.6. The van der Waals surface area contributed by atoms with Crippen LogP contribution in [0.5, 0.6) is 0 Å². The topological polar surface area (TPSA) is 33.2 Å². The third kappa shape index (κ3) is 4.60. The van der Waals surface area contributed by atoms with Gasteiger partial charge in [0.05, 0.1) is 10.3 Å². The molecule has 0 saturated heterocycles. The lowest BCUT2D eigenvalue weighted by atomic mass is 10.2. The number of hydrogen-bond acceptors (Lipinski definition) is 3. The van der Waals surface area contributed by atoms with Gasteiger partial charge in [-0.2, -0.15) is 0 Å². The summed E-state index contributed by atoms with van der Waals surface area (Å²) in [6.07, 6.45) is 1.75. The van der Waals surface area contributed by atoms with Gasteiger partial charge in [-0.15, -0.1) is 0 Å². The predicted octanol–water partition coefficient (Wildman–Crippen LogP) is 3.61. The van der Waals surface area contributed by atoms with E-state index in [1.807, 2.05) is 67.3 Å². The van der Waals surface area contributed by atoms with Crippen molar-refractivity contribution in [3.8, 4) is 0 Å². The van der Waals surface area contributed by atoms with Gasteiger partial charge < -0.3 is 4.90 Å². The Morgan fingerprint density at radius 2 is 1.90 bits per heavy atom. The summed E-state index contributed by atoms with van der Waals surface area (Å²) in [5, 5.41) is 0.748. The quantitative estimate of drug-likeness (QED) is 0.764. The average Bonchev–Trinajstić information content (AvgIpc) is 2.54. The Balaban J connectivity index is 1.99. The highest BCUT2D eigenvalue weighted by molar-refractivity contribution is 8.00. The standard InChI is InChI=1S/C17H20N2OS/c1-3-19(13-15-9-5-4-6-10-15)17(20)14(2)21-16-11-7-8-12-18-16/h4-12,14H,3,13H2,1-2H3. The average molecular weight is 300 g/mol. The van der Waals surface area contributed by atoms with E-state index >= 15 is 0 Å². The predicted molar refractivity (Wildman–Crippen MR) is 87.1 cm³/mol. The van der Waals surface area contributed by atoms with Crippen molar-refractivity contribution < 1.29 is 4.79 Å². The van der Waals surface area contributed by atoms with Gasteiger partial charge in [-0.1, -0.05) is 48.2 Å². The molecule has 0 N–H and O–H groups in total. The second kappa shape index (κ2) is 7.84. The molecule has 2 aromatic rings. The summed E-state index contributed by atoms with van der Waals surface area (Å²) < 4.78 is 0. The lowest BCUT2D eigenvalue weighted by Crippen LogP contribution is -2.35. The van der Waals surface area contributed by atoms with Crippen molar-refractivity contribution in [3.05, 3.63) is 60.3 Å². The van der Waals surface area contributed by atoms with Crippen molar-refractivity contribution >= 4 is 17.7 Å². The molecule has 0 aliphatic heterocycles. The lowest BCUT2D eigenvalue weighted by Gasteiger charge is -2.24. The van der Waals surface area contributed by atoms with Gasteiger partial charge in [0.2, 0.25) is 5.91 Å². The minimum atomic E-state index is -0.136. The Morgan fingerprint density at radius 1 is 1.19 bits per heavy atom. The second-order valence-corrected chi connectivity index (χ2v) is 6.13. The SMILES string of the molecule is CCN(Cc1ccccc1)C(=O)C(C)Sc1ccccn1. The van der Waals surface area contributed by atoms with E-state index in [-0.39, 0.29) is 11.2 Å². The molecule has 21 heavy (non-hydrogen) atoms. The van der Waals surface area contributed by atoms with Gasteiger partial charge in [0.15, 0.2) is 0 Å². The number of carbonyl (C=O) groups is 1. The maximum Gasteiger partial charge on any atom is 0.236 e. The van der Waals surface area contributed by atoms with Crippen LogP contribution in [0.3, 0.4) is 0 Å². The van der Waals surface area contributed by atoms with Crippen LogP contribution in [-0.2, 0) is 11.3 Å². The largest absolute Gasteiger partial charge is 0.338 e. The van der Waals surface area contributed by atoms with Crippen LogP contribution >= 0.6 is 11.8 Å². The van der Waals surface area contributed by atoms with E-state index in [1.54, 1.807) is 6.20 Å². The molecule has 1 aromatic heterocycles. The third-order valence-corrected chi connectivity index (χ3v) is 4.23. The zero-order valence-corrected chi connectivity index (χ0v) is 13.2. The fraction of sp³-hybridized carbons (Fsp3) is 0.294. The molecule has 1 amide bonds. The van der Waals surface area contributed by atoms with E-state index in [4.69, 9.17) is 0 Å². The van der Waals surface area contributed by atoms with Crippen LogP contribution in [0.2, 0.25) is 0 Å². The molecule has 0 aliphatic rings. The number of aromatic nitrogens is 1. The first kappa shape index (κ1) is 15.6. The first-order valence-electron chi connectivity index (χ1n) is 7.11. The molecule has 1 aromatic carbocycles. The van der Waals surface area contributed by atoms with E-state index in [9.17, 15) is 4.79 Å². The summed E-state index contributed by atoms with van der Waals surface area (Å²) >= 11 is 1.50. The highest BCUT2D eigenvalue weighted by Crippen LogP contribution is 2.22. The van der Waals surface area contributed by atoms with Crippen LogP contribution in [0, 0.1) is 0 Å². The second-order valence-electron chi connectivity index (χ2n) is 4.77. The van der Waals surface area contributed by atoms with Crippen molar-refractivity contribution in [2.75, 3.05) is 6.54 Å². The van der Waals surface area contributed by atoms with Crippen molar-refractivity contribution in [2.45, 2.75) is 30.7 Å². The third-order valence-electron chi connectivity index (χ3n) is 3.19. The van der Waals surface area contributed by atoms with Crippen molar-refractivity contribution in [2.24, 2.45) is 0 Å². The van der Waals surface area contributed by atoms with E-state index in [2.05, 4.69) is 4.98 Å².